The summed E-state index contributed by atoms with van der Waals surface area (Å²) in [5.74, 6) is 0.911. The van der Waals surface area contributed by atoms with Crippen molar-refractivity contribution in [1.82, 2.24) is 9.97 Å². The number of thioether (sulfide) groups is 1. The molecule has 0 amide bonds. The van der Waals surface area contributed by atoms with Crippen LogP contribution in [0.2, 0.25) is 0 Å². The van der Waals surface area contributed by atoms with E-state index in [1.165, 1.54) is 25.7 Å². The number of nitrogens with zero attached hydrogens (tertiary/aromatic N) is 2. The van der Waals surface area contributed by atoms with Gasteiger partial charge in [-0.05, 0) is 32.9 Å². The summed E-state index contributed by atoms with van der Waals surface area (Å²) in [6.07, 6.45) is 9.42. The number of aryl methyl sites for hydroxylation is 2. The lowest BCUT2D eigenvalue weighted by atomic mass is 10.1. The van der Waals surface area contributed by atoms with Crippen LogP contribution in [0.15, 0.2) is 6.20 Å². The molecule has 3 nitrogen and oxygen atoms in total. The van der Waals surface area contributed by atoms with E-state index in [4.69, 9.17) is 0 Å². The lowest BCUT2D eigenvalue weighted by Gasteiger charge is -2.27. The number of rotatable bonds is 4. The molecule has 0 bridgehead atoms. The summed E-state index contributed by atoms with van der Waals surface area (Å²) < 4.78 is 0.417. The molecule has 0 unspecified atom stereocenters. The van der Waals surface area contributed by atoms with E-state index in [9.17, 15) is 0 Å². The van der Waals surface area contributed by atoms with Gasteiger partial charge in [-0.1, -0.05) is 12.8 Å². The van der Waals surface area contributed by atoms with Crippen molar-refractivity contribution >= 4 is 17.6 Å². The molecule has 1 aliphatic rings. The van der Waals surface area contributed by atoms with Gasteiger partial charge in [0.05, 0.1) is 17.6 Å². The third-order valence-corrected chi connectivity index (χ3v) is 5.15. The average molecular weight is 251 g/mol. The van der Waals surface area contributed by atoms with Crippen molar-refractivity contribution in [2.24, 2.45) is 0 Å². The fraction of sp³-hybridized carbons (Fsp3) is 0.692. The summed E-state index contributed by atoms with van der Waals surface area (Å²) in [5.41, 5.74) is 2.02. The molecule has 0 saturated heterocycles. The average Bonchev–Trinajstić information content (AvgIpc) is 2.80. The zero-order valence-electron chi connectivity index (χ0n) is 10.9. The molecule has 0 aliphatic heterocycles. The maximum absolute atomic E-state index is 4.52. The van der Waals surface area contributed by atoms with Crippen molar-refractivity contribution < 1.29 is 0 Å². The first-order valence-corrected chi connectivity index (χ1v) is 7.47. The normalized spacial score (nSPS) is 18.3. The number of aromatic nitrogens is 2. The summed E-state index contributed by atoms with van der Waals surface area (Å²) in [7, 11) is 0. The topological polar surface area (TPSA) is 37.8 Å². The minimum Gasteiger partial charge on any atom is -0.367 e. The molecule has 94 valence electrons. The zero-order valence-corrected chi connectivity index (χ0v) is 11.7. The van der Waals surface area contributed by atoms with Crippen LogP contribution in [0.3, 0.4) is 0 Å². The highest BCUT2D eigenvalue weighted by Crippen LogP contribution is 2.40. The number of anilines is 1. The van der Waals surface area contributed by atoms with Gasteiger partial charge >= 0.3 is 0 Å². The standard InChI is InChI=1S/C13H21N3S/c1-10-11(2)16-12(8-14-10)15-9-13(17-3)6-4-5-7-13/h8H,4-7,9H2,1-3H3,(H,15,16). The van der Waals surface area contributed by atoms with Crippen LogP contribution in [0.5, 0.6) is 0 Å². The molecule has 1 fully saturated rings. The van der Waals surface area contributed by atoms with E-state index in [0.29, 0.717) is 4.75 Å². The predicted octanol–water partition coefficient (Wildman–Crippen LogP) is 3.18. The first kappa shape index (κ1) is 12.7. The molecule has 4 heteroatoms. The largest absolute Gasteiger partial charge is 0.367 e. The molecule has 0 spiro atoms. The molecule has 17 heavy (non-hydrogen) atoms. The highest BCUT2D eigenvalue weighted by Gasteiger charge is 2.32. The predicted molar refractivity (Wildman–Crippen MR) is 74.7 cm³/mol. The molecule has 0 aromatic carbocycles. The Morgan fingerprint density at radius 1 is 1.29 bits per heavy atom. The van der Waals surface area contributed by atoms with Crippen LogP contribution >= 0.6 is 11.8 Å². The van der Waals surface area contributed by atoms with Gasteiger partial charge in [-0.2, -0.15) is 11.8 Å². The molecule has 1 N–H and O–H groups in total. The van der Waals surface area contributed by atoms with Gasteiger partial charge in [0, 0.05) is 11.3 Å². The van der Waals surface area contributed by atoms with E-state index in [1.54, 1.807) is 0 Å². The molecule has 1 aliphatic carbocycles. The maximum atomic E-state index is 4.52. The van der Waals surface area contributed by atoms with Crippen molar-refractivity contribution in [3.05, 3.63) is 17.6 Å². The van der Waals surface area contributed by atoms with Crippen LogP contribution in [0, 0.1) is 13.8 Å². The molecule has 1 aromatic rings. The molecule has 1 saturated carbocycles. The third-order valence-electron chi connectivity index (χ3n) is 3.73. The molecular weight excluding hydrogens is 230 g/mol. The van der Waals surface area contributed by atoms with Gasteiger partial charge in [-0.15, -0.1) is 0 Å². The fourth-order valence-corrected chi connectivity index (χ4v) is 3.26. The second-order valence-electron chi connectivity index (χ2n) is 4.87. The first-order chi connectivity index (χ1) is 8.15. The molecule has 1 heterocycles. The first-order valence-electron chi connectivity index (χ1n) is 6.24. The van der Waals surface area contributed by atoms with Crippen molar-refractivity contribution in [2.45, 2.75) is 44.3 Å². The quantitative estimate of drug-likeness (QED) is 0.892. The minimum atomic E-state index is 0.417. The summed E-state index contributed by atoms with van der Waals surface area (Å²) in [6.45, 7) is 5.01. The van der Waals surface area contributed by atoms with Crippen molar-refractivity contribution in [3.63, 3.8) is 0 Å². The molecule has 0 radical (unpaired) electrons. The Morgan fingerprint density at radius 3 is 2.59 bits per heavy atom. The van der Waals surface area contributed by atoms with Crippen molar-refractivity contribution in [1.29, 1.82) is 0 Å². The van der Waals surface area contributed by atoms with E-state index in [-0.39, 0.29) is 0 Å². The lowest BCUT2D eigenvalue weighted by molar-refractivity contribution is 0.638. The van der Waals surface area contributed by atoms with Crippen LogP contribution in [0.1, 0.15) is 37.1 Å². The van der Waals surface area contributed by atoms with E-state index in [2.05, 4.69) is 21.5 Å². The van der Waals surface area contributed by atoms with E-state index >= 15 is 0 Å². The zero-order chi connectivity index (χ0) is 12.3. The smallest absolute Gasteiger partial charge is 0.144 e. The summed E-state index contributed by atoms with van der Waals surface area (Å²) >= 11 is 2.00. The van der Waals surface area contributed by atoms with Crippen LogP contribution < -0.4 is 5.32 Å². The van der Waals surface area contributed by atoms with Crippen LogP contribution in [0.25, 0.3) is 0 Å². The van der Waals surface area contributed by atoms with Gasteiger partial charge in [-0.25, -0.2) is 4.98 Å². The van der Waals surface area contributed by atoms with Gasteiger partial charge in [0.25, 0.3) is 0 Å². The molecule has 2 rings (SSSR count). The third kappa shape index (κ3) is 2.92. The second-order valence-corrected chi connectivity index (χ2v) is 6.15. The Morgan fingerprint density at radius 2 is 2.00 bits per heavy atom. The Kier molecular flexibility index (Phi) is 3.92. The van der Waals surface area contributed by atoms with Crippen molar-refractivity contribution in [3.8, 4) is 0 Å². The number of hydrogen-bond acceptors (Lipinski definition) is 4. The molecule has 0 atom stereocenters. The Balaban J connectivity index is 1.99. The Labute approximate surface area is 108 Å². The Bertz CT molecular complexity index is 386. The molecule has 1 aromatic heterocycles. The second kappa shape index (κ2) is 5.25. The fourth-order valence-electron chi connectivity index (χ4n) is 2.35. The monoisotopic (exact) mass is 251 g/mol. The van der Waals surface area contributed by atoms with E-state index in [0.717, 1.165) is 23.8 Å². The van der Waals surface area contributed by atoms with Gasteiger partial charge in [0.15, 0.2) is 0 Å². The highest BCUT2D eigenvalue weighted by molar-refractivity contribution is 8.00. The SMILES string of the molecule is CSC1(CNc2cnc(C)c(C)n2)CCCC1. The van der Waals surface area contributed by atoms with Gasteiger partial charge in [0.1, 0.15) is 5.82 Å². The van der Waals surface area contributed by atoms with Gasteiger partial charge in [-0.3, -0.25) is 4.98 Å². The minimum absolute atomic E-state index is 0.417. The van der Waals surface area contributed by atoms with Crippen molar-refractivity contribution in [2.75, 3.05) is 18.1 Å². The van der Waals surface area contributed by atoms with Gasteiger partial charge < -0.3 is 5.32 Å². The summed E-state index contributed by atoms with van der Waals surface area (Å²) in [4.78, 5) is 8.86. The molecular formula is C13H21N3S. The summed E-state index contributed by atoms with van der Waals surface area (Å²) in [6, 6.07) is 0. The summed E-state index contributed by atoms with van der Waals surface area (Å²) in [5, 5.41) is 3.45. The lowest BCUT2D eigenvalue weighted by Crippen LogP contribution is -2.30. The number of nitrogens with one attached hydrogen (secondary N) is 1. The Hall–Kier alpha value is -0.770. The van der Waals surface area contributed by atoms with Crippen LogP contribution in [-0.4, -0.2) is 27.5 Å². The van der Waals surface area contributed by atoms with Gasteiger partial charge in [0.2, 0.25) is 0 Å². The van der Waals surface area contributed by atoms with Crippen LogP contribution in [0.4, 0.5) is 5.82 Å². The van der Waals surface area contributed by atoms with Crippen LogP contribution in [-0.2, 0) is 0 Å². The maximum Gasteiger partial charge on any atom is 0.144 e. The highest BCUT2D eigenvalue weighted by atomic mass is 32.2. The van der Waals surface area contributed by atoms with E-state index < -0.39 is 0 Å². The van der Waals surface area contributed by atoms with E-state index in [1.807, 2.05) is 31.8 Å². The number of hydrogen-bond donors (Lipinski definition) is 1.